The molecule has 0 aliphatic carbocycles. The van der Waals surface area contributed by atoms with E-state index in [0.29, 0.717) is 13.0 Å². The van der Waals surface area contributed by atoms with Crippen molar-refractivity contribution < 1.29 is 9.53 Å². The number of amides is 1. The fourth-order valence-corrected chi connectivity index (χ4v) is 2.45. The fraction of sp³-hybridized carbons (Fsp3) is 0.350. The van der Waals surface area contributed by atoms with Crippen LogP contribution in [0.5, 0.6) is 5.75 Å². The lowest BCUT2D eigenvalue weighted by Gasteiger charge is -2.30. The van der Waals surface area contributed by atoms with Gasteiger partial charge in [-0.15, -0.1) is 0 Å². The average Bonchev–Trinajstić information content (AvgIpc) is 2.58. The van der Waals surface area contributed by atoms with E-state index in [0.717, 1.165) is 11.3 Å². The molecule has 23 heavy (non-hydrogen) atoms. The number of hydrogen-bond acceptors (Lipinski definition) is 2. The Morgan fingerprint density at radius 3 is 2.09 bits per heavy atom. The SMILES string of the molecule is CC[C@@H](Oc1ccccc1)C(=O)N(Cc1ccccc1)C(C)C. The molecule has 1 amide bonds. The van der Waals surface area contributed by atoms with E-state index in [4.69, 9.17) is 4.74 Å². The van der Waals surface area contributed by atoms with E-state index in [1.54, 1.807) is 0 Å². The third-order valence-corrected chi connectivity index (χ3v) is 3.77. The van der Waals surface area contributed by atoms with Crippen LogP contribution in [-0.4, -0.2) is 23.0 Å². The van der Waals surface area contributed by atoms with Crippen LogP contribution in [-0.2, 0) is 11.3 Å². The largest absolute Gasteiger partial charge is 0.481 e. The van der Waals surface area contributed by atoms with Gasteiger partial charge in [0.2, 0.25) is 0 Å². The first-order valence-corrected chi connectivity index (χ1v) is 8.18. The summed E-state index contributed by atoms with van der Waals surface area (Å²) in [6, 6.07) is 19.7. The van der Waals surface area contributed by atoms with Crippen molar-refractivity contribution in [2.45, 2.75) is 45.9 Å². The number of carbonyl (C=O) groups is 1. The molecule has 0 radical (unpaired) electrons. The summed E-state index contributed by atoms with van der Waals surface area (Å²) in [5, 5.41) is 0. The van der Waals surface area contributed by atoms with E-state index in [2.05, 4.69) is 0 Å². The van der Waals surface area contributed by atoms with Gasteiger partial charge in [-0.25, -0.2) is 0 Å². The molecule has 2 aromatic carbocycles. The van der Waals surface area contributed by atoms with Crippen molar-refractivity contribution in [2.75, 3.05) is 0 Å². The van der Waals surface area contributed by atoms with Gasteiger partial charge < -0.3 is 9.64 Å². The van der Waals surface area contributed by atoms with Crippen LogP contribution >= 0.6 is 0 Å². The minimum absolute atomic E-state index is 0.0372. The van der Waals surface area contributed by atoms with E-state index in [1.165, 1.54) is 0 Å². The summed E-state index contributed by atoms with van der Waals surface area (Å²) in [6.45, 7) is 6.66. The van der Waals surface area contributed by atoms with Crippen LogP contribution in [0, 0.1) is 0 Å². The molecule has 0 spiro atoms. The Morgan fingerprint density at radius 1 is 1.00 bits per heavy atom. The molecule has 3 nitrogen and oxygen atoms in total. The van der Waals surface area contributed by atoms with Crippen molar-refractivity contribution in [2.24, 2.45) is 0 Å². The highest BCUT2D eigenvalue weighted by Crippen LogP contribution is 2.17. The standard InChI is InChI=1S/C20H25NO2/c1-4-19(23-18-13-9-6-10-14-18)20(22)21(16(2)3)15-17-11-7-5-8-12-17/h5-14,16,19H,4,15H2,1-3H3/t19-/m1/s1. The molecule has 0 N–H and O–H groups in total. The average molecular weight is 311 g/mol. The number of ether oxygens (including phenoxy) is 1. The second-order valence-corrected chi connectivity index (χ2v) is 5.87. The molecule has 0 aliphatic rings. The Kier molecular flexibility index (Phi) is 6.21. The predicted molar refractivity (Wildman–Crippen MR) is 93.3 cm³/mol. The topological polar surface area (TPSA) is 29.5 Å². The molecule has 0 heterocycles. The Bertz CT molecular complexity index is 596. The molecule has 0 unspecified atom stereocenters. The molecular weight excluding hydrogens is 286 g/mol. The van der Waals surface area contributed by atoms with E-state index >= 15 is 0 Å². The van der Waals surface area contributed by atoms with Crippen molar-refractivity contribution in [1.29, 1.82) is 0 Å². The third-order valence-electron chi connectivity index (χ3n) is 3.77. The van der Waals surface area contributed by atoms with E-state index in [-0.39, 0.29) is 11.9 Å². The lowest BCUT2D eigenvalue weighted by Crippen LogP contribution is -2.44. The Morgan fingerprint density at radius 2 is 1.57 bits per heavy atom. The maximum absolute atomic E-state index is 12.9. The van der Waals surface area contributed by atoms with Crippen LogP contribution in [0.1, 0.15) is 32.8 Å². The van der Waals surface area contributed by atoms with Gasteiger partial charge in [0, 0.05) is 12.6 Å². The van der Waals surface area contributed by atoms with Crippen LogP contribution in [0.4, 0.5) is 0 Å². The maximum Gasteiger partial charge on any atom is 0.264 e. The number of para-hydroxylation sites is 1. The van der Waals surface area contributed by atoms with Crippen LogP contribution in [0.3, 0.4) is 0 Å². The van der Waals surface area contributed by atoms with E-state index < -0.39 is 6.10 Å². The van der Waals surface area contributed by atoms with Crippen LogP contribution in [0.25, 0.3) is 0 Å². The normalized spacial score (nSPS) is 12.0. The van der Waals surface area contributed by atoms with Gasteiger partial charge in [0.25, 0.3) is 5.91 Å². The highest BCUT2D eigenvalue weighted by Gasteiger charge is 2.26. The molecule has 2 rings (SSSR count). The van der Waals surface area contributed by atoms with Gasteiger partial charge in [-0.05, 0) is 38.0 Å². The summed E-state index contributed by atoms with van der Waals surface area (Å²) >= 11 is 0. The summed E-state index contributed by atoms with van der Waals surface area (Å²) in [5.74, 6) is 0.770. The molecule has 0 saturated carbocycles. The molecule has 0 saturated heterocycles. The highest BCUT2D eigenvalue weighted by molar-refractivity contribution is 5.81. The zero-order chi connectivity index (χ0) is 16.7. The first kappa shape index (κ1) is 17.1. The predicted octanol–water partition coefficient (Wildman–Crippen LogP) is 4.28. The quantitative estimate of drug-likeness (QED) is 0.764. The summed E-state index contributed by atoms with van der Waals surface area (Å²) in [5.41, 5.74) is 1.13. The Balaban J connectivity index is 2.11. The van der Waals surface area contributed by atoms with Crippen molar-refractivity contribution in [3.63, 3.8) is 0 Å². The van der Waals surface area contributed by atoms with E-state index in [1.807, 2.05) is 86.3 Å². The maximum atomic E-state index is 12.9. The second-order valence-electron chi connectivity index (χ2n) is 5.87. The molecular formula is C20H25NO2. The van der Waals surface area contributed by atoms with Crippen LogP contribution in [0.15, 0.2) is 60.7 Å². The van der Waals surface area contributed by atoms with Crippen LogP contribution < -0.4 is 4.74 Å². The number of benzene rings is 2. The van der Waals surface area contributed by atoms with E-state index in [9.17, 15) is 4.79 Å². The molecule has 0 aliphatic heterocycles. The van der Waals surface area contributed by atoms with Crippen LogP contribution in [0.2, 0.25) is 0 Å². The Labute approximate surface area is 138 Å². The molecule has 122 valence electrons. The molecule has 0 bridgehead atoms. The van der Waals surface area contributed by atoms with Crippen molar-refractivity contribution in [3.05, 3.63) is 66.2 Å². The molecule has 3 heteroatoms. The zero-order valence-corrected chi connectivity index (χ0v) is 14.1. The van der Waals surface area contributed by atoms with Gasteiger partial charge in [-0.2, -0.15) is 0 Å². The zero-order valence-electron chi connectivity index (χ0n) is 14.1. The minimum atomic E-state index is -0.455. The van der Waals surface area contributed by atoms with Gasteiger partial charge in [-0.3, -0.25) is 4.79 Å². The van der Waals surface area contributed by atoms with Crippen molar-refractivity contribution in [3.8, 4) is 5.75 Å². The smallest absolute Gasteiger partial charge is 0.264 e. The molecule has 2 aromatic rings. The van der Waals surface area contributed by atoms with Crippen molar-refractivity contribution in [1.82, 2.24) is 4.90 Å². The third kappa shape index (κ3) is 4.85. The van der Waals surface area contributed by atoms with Gasteiger partial charge in [0.05, 0.1) is 0 Å². The summed E-state index contributed by atoms with van der Waals surface area (Å²) < 4.78 is 5.90. The number of carbonyl (C=O) groups excluding carboxylic acids is 1. The monoisotopic (exact) mass is 311 g/mol. The highest BCUT2D eigenvalue weighted by atomic mass is 16.5. The molecule has 0 fully saturated rings. The Hall–Kier alpha value is -2.29. The summed E-state index contributed by atoms with van der Waals surface area (Å²) in [7, 11) is 0. The second kappa shape index (κ2) is 8.37. The van der Waals surface area contributed by atoms with Gasteiger partial charge in [0.15, 0.2) is 6.10 Å². The van der Waals surface area contributed by atoms with Crippen molar-refractivity contribution >= 4 is 5.91 Å². The lowest BCUT2D eigenvalue weighted by molar-refractivity contribution is -0.141. The molecule has 1 atom stereocenters. The molecule has 0 aromatic heterocycles. The number of hydrogen-bond donors (Lipinski definition) is 0. The fourth-order valence-electron chi connectivity index (χ4n) is 2.45. The first-order chi connectivity index (χ1) is 11.1. The van der Waals surface area contributed by atoms with Gasteiger partial charge >= 0.3 is 0 Å². The first-order valence-electron chi connectivity index (χ1n) is 8.18. The lowest BCUT2D eigenvalue weighted by atomic mass is 10.1. The number of nitrogens with zero attached hydrogens (tertiary/aromatic N) is 1. The summed E-state index contributed by atoms with van der Waals surface area (Å²) in [6.07, 6.45) is 0.189. The summed E-state index contributed by atoms with van der Waals surface area (Å²) in [4.78, 5) is 14.8. The minimum Gasteiger partial charge on any atom is -0.481 e. The van der Waals surface area contributed by atoms with Gasteiger partial charge in [-0.1, -0.05) is 55.5 Å². The number of rotatable bonds is 7. The van der Waals surface area contributed by atoms with Gasteiger partial charge in [0.1, 0.15) is 5.75 Å².